The van der Waals surface area contributed by atoms with Crippen molar-refractivity contribution in [3.63, 3.8) is 0 Å². The smallest absolute Gasteiger partial charge is 0.329 e. The Morgan fingerprint density at radius 3 is 2.54 bits per heavy atom. The number of nitrogens with two attached hydrogens (primary N) is 1. The van der Waals surface area contributed by atoms with Crippen LogP contribution in [0.1, 0.15) is 39.2 Å². The molecule has 0 aromatic heterocycles. The van der Waals surface area contributed by atoms with Gasteiger partial charge in [0.05, 0.1) is 6.04 Å². The molecule has 6 heteroatoms. The molecule has 0 saturated carbocycles. The van der Waals surface area contributed by atoms with Crippen molar-refractivity contribution >= 4 is 11.9 Å². The number of aromatic hydroxyl groups is 1. The summed E-state index contributed by atoms with van der Waals surface area (Å²) >= 11 is 0. The highest BCUT2D eigenvalue weighted by Gasteiger charge is 2.38. The Kier molecular flexibility index (Phi) is 5.49. The largest absolute Gasteiger partial charge is 0.508 e. The number of carbonyl (C=O) groups excluding carboxylic acids is 2. The number of phenolic OH excluding ortho intramolecular Hbond substituents is 1. The van der Waals surface area contributed by atoms with E-state index in [0.29, 0.717) is 19.4 Å². The summed E-state index contributed by atoms with van der Waals surface area (Å²) < 4.78 is 5.41. The SMILES string of the molecule is CC(C)(C)OC(=O)[C@@H]1CCCN1C(=O)[C@@H](N)Cc1ccc(O)cc1. The predicted molar refractivity (Wildman–Crippen MR) is 90.4 cm³/mol. The maximum atomic E-state index is 12.6. The van der Waals surface area contributed by atoms with Crippen molar-refractivity contribution in [2.75, 3.05) is 6.54 Å². The number of carbonyl (C=O) groups is 2. The van der Waals surface area contributed by atoms with Crippen molar-refractivity contribution in [2.45, 2.75) is 57.7 Å². The highest BCUT2D eigenvalue weighted by atomic mass is 16.6. The second-order valence-electron chi connectivity index (χ2n) is 7.20. The minimum atomic E-state index is -0.724. The molecule has 24 heavy (non-hydrogen) atoms. The molecular weight excluding hydrogens is 308 g/mol. The first-order chi connectivity index (χ1) is 11.2. The topological polar surface area (TPSA) is 92.9 Å². The number of benzene rings is 1. The fourth-order valence-corrected chi connectivity index (χ4v) is 2.83. The molecule has 0 unspecified atom stereocenters. The molecule has 0 radical (unpaired) electrons. The van der Waals surface area contributed by atoms with Gasteiger partial charge in [0.1, 0.15) is 17.4 Å². The number of hydrogen-bond acceptors (Lipinski definition) is 5. The van der Waals surface area contributed by atoms with Gasteiger partial charge in [-0.05, 0) is 57.7 Å². The predicted octanol–water partition coefficient (Wildman–Crippen LogP) is 1.59. The second-order valence-corrected chi connectivity index (χ2v) is 7.20. The van der Waals surface area contributed by atoms with Gasteiger partial charge >= 0.3 is 5.97 Å². The molecule has 1 aromatic rings. The van der Waals surface area contributed by atoms with E-state index in [0.717, 1.165) is 12.0 Å². The molecule has 1 aliphatic rings. The summed E-state index contributed by atoms with van der Waals surface area (Å²) in [5.74, 6) is -0.440. The first-order valence-corrected chi connectivity index (χ1v) is 8.24. The van der Waals surface area contributed by atoms with Crippen LogP contribution in [0.2, 0.25) is 0 Å². The molecule has 0 spiro atoms. The summed E-state index contributed by atoms with van der Waals surface area (Å²) in [4.78, 5) is 26.5. The molecule has 3 N–H and O–H groups in total. The van der Waals surface area contributed by atoms with Gasteiger partial charge in [0, 0.05) is 6.54 Å². The first-order valence-electron chi connectivity index (χ1n) is 8.24. The van der Waals surface area contributed by atoms with Crippen molar-refractivity contribution in [3.8, 4) is 5.75 Å². The van der Waals surface area contributed by atoms with Crippen molar-refractivity contribution < 1.29 is 19.4 Å². The zero-order chi connectivity index (χ0) is 17.9. The number of amides is 1. The lowest BCUT2D eigenvalue weighted by Gasteiger charge is -2.29. The minimum Gasteiger partial charge on any atom is -0.508 e. The molecule has 1 amide bonds. The highest BCUT2D eigenvalue weighted by molar-refractivity contribution is 5.88. The highest BCUT2D eigenvalue weighted by Crippen LogP contribution is 2.22. The Morgan fingerprint density at radius 2 is 1.96 bits per heavy atom. The van der Waals surface area contributed by atoms with E-state index in [2.05, 4.69) is 0 Å². The number of hydrogen-bond donors (Lipinski definition) is 2. The Bertz CT molecular complexity index is 592. The first kappa shape index (κ1) is 18.3. The van der Waals surface area contributed by atoms with Crippen LogP contribution in [0.3, 0.4) is 0 Å². The average molecular weight is 334 g/mol. The van der Waals surface area contributed by atoms with Crippen LogP contribution in [-0.4, -0.2) is 46.1 Å². The van der Waals surface area contributed by atoms with Crippen molar-refractivity contribution in [1.82, 2.24) is 4.90 Å². The van der Waals surface area contributed by atoms with Gasteiger partial charge in [-0.25, -0.2) is 4.79 Å². The van der Waals surface area contributed by atoms with E-state index in [-0.39, 0.29) is 17.6 Å². The van der Waals surface area contributed by atoms with E-state index in [1.807, 2.05) is 20.8 Å². The van der Waals surface area contributed by atoms with Gasteiger partial charge in [-0.15, -0.1) is 0 Å². The molecule has 2 rings (SSSR count). The quantitative estimate of drug-likeness (QED) is 0.816. The molecule has 6 nitrogen and oxygen atoms in total. The molecule has 2 atom stereocenters. The summed E-state index contributed by atoms with van der Waals surface area (Å²) in [6, 6.07) is 5.31. The van der Waals surface area contributed by atoms with E-state index in [1.54, 1.807) is 29.2 Å². The van der Waals surface area contributed by atoms with Crippen molar-refractivity contribution in [2.24, 2.45) is 5.73 Å². The van der Waals surface area contributed by atoms with Crippen LogP contribution in [0.25, 0.3) is 0 Å². The Balaban J connectivity index is 2.01. The van der Waals surface area contributed by atoms with Crippen molar-refractivity contribution in [1.29, 1.82) is 0 Å². The van der Waals surface area contributed by atoms with Crippen LogP contribution in [0.5, 0.6) is 5.75 Å². The van der Waals surface area contributed by atoms with Crippen LogP contribution >= 0.6 is 0 Å². The zero-order valence-electron chi connectivity index (χ0n) is 14.5. The van der Waals surface area contributed by atoms with Gasteiger partial charge in [0.25, 0.3) is 0 Å². The van der Waals surface area contributed by atoms with Gasteiger partial charge in [0.2, 0.25) is 5.91 Å². The molecule has 1 aliphatic heterocycles. The summed E-state index contributed by atoms with van der Waals surface area (Å²) in [7, 11) is 0. The molecular formula is C18H26N2O4. The molecule has 132 valence electrons. The van der Waals surface area contributed by atoms with Gasteiger partial charge in [-0.3, -0.25) is 4.79 Å². The van der Waals surface area contributed by atoms with E-state index < -0.39 is 17.7 Å². The number of esters is 1. The molecule has 0 aliphatic carbocycles. The number of phenols is 1. The maximum absolute atomic E-state index is 12.6. The van der Waals surface area contributed by atoms with E-state index >= 15 is 0 Å². The maximum Gasteiger partial charge on any atom is 0.329 e. The second kappa shape index (κ2) is 7.21. The monoisotopic (exact) mass is 334 g/mol. The Labute approximate surface area is 142 Å². The third-order valence-corrected chi connectivity index (χ3v) is 3.92. The Hall–Kier alpha value is -2.08. The lowest BCUT2D eigenvalue weighted by molar-refractivity contribution is -0.163. The standard InChI is InChI=1S/C18H26N2O4/c1-18(2,3)24-17(23)15-5-4-10-20(15)16(22)14(19)11-12-6-8-13(21)9-7-12/h6-9,14-15,21H,4-5,10-11,19H2,1-3H3/t14-,15-/m0/s1. The van der Waals surface area contributed by atoms with Crippen LogP contribution in [-0.2, 0) is 20.7 Å². The molecule has 0 bridgehead atoms. The molecule has 1 aromatic carbocycles. The summed E-state index contributed by atoms with van der Waals surface area (Å²) in [5.41, 5.74) is 6.33. The Morgan fingerprint density at radius 1 is 1.33 bits per heavy atom. The lowest BCUT2D eigenvalue weighted by atomic mass is 10.0. The van der Waals surface area contributed by atoms with Crippen LogP contribution in [0.15, 0.2) is 24.3 Å². The zero-order valence-corrected chi connectivity index (χ0v) is 14.5. The van der Waals surface area contributed by atoms with E-state index in [4.69, 9.17) is 10.5 Å². The molecule has 1 heterocycles. The van der Waals surface area contributed by atoms with Crippen LogP contribution in [0, 0.1) is 0 Å². The number of likely N-dealkylation sites (tertiary alicyclic amines) is 1. The normalized spacial score (nSPS) is 19.2. The van der Waals surface area contributed by atoms with Gasteiger partial charge in [-0.1, -0.05) is 12.1 Å². The third kappa shape index (κ3) is 4.71. The van der Waals surface area contributed by atoms with Crippen LogP contribution < -0.4 is 5.73 Å². The summed E-state index contributed by atoms with van der Waals surface area (Å²) in [6.45, 7) is 5.94. The summed E-state index contributed by atoms with van der Waals surface area (Å²) in [5, 5.41) is 9.30. The number of rotatable bonds is 4. The van der Waals surface area contributed by atoms with Gasteiger partial charge in [0.15, 0.2) is 0 Å². The minimum absolute atomic E-state index is 0.170. The molecule has 1 saturated heterocycles. The summed E-state index contributed by atoms with van der Waals surface area (Å²) in [6.07, 6.45) is 1.73. The van der Waals surface area contributed by atoms with E-state index in [1.165, 1.54) is 0 Å². The van der Waals surface area contributed by atoms with Crippen LogP contribution in [0.4, 0.5) is 0 Å². The fraction of sp³-hybridized carbons (Fsp3) is 0.556. The molecule has 1 fully saturated rings. The number of nitrogens with zero attached hydrogens (tertiary/aromatic N) is 1. The van der Waals surface area contributed by atoms with Gasteiger partial charge < -0.3 is 20.5 Å². The van der Waals surface area contributed by atoms with Gasteiger partial charge in [-0.2, -0.15) is 0 Å². The fourth-order valence-electron chi connectivity index (χ4n) is 2.83. The van der Waals surface area contributed by atoms with Crippen molar-refractivity contribution in [3.05, 3.63) is 29.8 Å². The third-order valence-electron chi connectivity index (χ3n) is 3.92. The number of ether oxygens (including phenoxy) is 1. The average Bonchev–Trinajstić information content (AvgIpc) is 2.96. The van der Waals surface area contributed by atoms with E-state index in [9.17, 15) is 14.7 Å². The lowest BCUT2D eigenvalue weighted by Crippen LogP contribution is -2.50.